The van der Waals surface area contributed by atoms with Gasteiger partial charge in [-0.1, -0.05) is 0 Å². The van der Waals surface area contributed by atoms with Gasteiger partial charge in [0.15, 0.2) is 11.6 Å². The first-order valence-corrected chi connectivity index (χ1v) is 9.01. The van der Waals surface area contributed by atoms with Gasteiger partial charge in [0.2, 0.25) is 0 Å². The van der Waals surface area contributed by atoms with Crippen LogP contribution in [0.5, 0.6) is 0 Å². The third-order valence-electron chi connectivity index (χ3n) is 4.48. The van der Waals surface area contributed by atoms with Crippen molar-refractivity contribution in [1.82, 2.24) is 4.90 Å². The highest BCUT2D eigenvalue weighted by atomic mass is 19.2. The van der Waals surface area contributed by atoms with Crippen molar-refractivity contribution >= 4 is 23.4 Å². The molecule has 148 valence electrons. The van der Waals surface area contributed by atoms with Gasteiger partial charge in [-0.05, 0) is 43.3 Å². The topological polar surface area (TPSA) is 61.9 Å². The van der Waals surface area contributed by atoms with Crippen molar-refractivity contribution in [2.45, 2.75) is 6.92 Å². The van der Waals surface area contributed by atoms with Crippen molar-refractivity contribution in [2.24, 2.45) is 0 Å². The Bertz CT molecular complexity index is 850. The van der Waals surface area contributed by atoms with Gasteiger partial charge < -0.3 is 19.9 Å². The maximum absolute atomic E-state index is 13.4. The van der Waals surface area contributed by atoms with E-state index in [-0.39, 0.29) is 6.03 Å². The van der Waals surface area contributed by atoms with E-state index in [2.05, 4.69) is 5.32 Å². The first-order valence-electron chi connectivity index (χ1n) is 9.01. The minimum atomic E-state index is -0.885. The minimum absolute atomic E-state index is 0.256. The van der Waals surface area contributed by atoms with E-state index in [1.54, 1.807) is 36.1 Å². The van der Waals surface area contributed by atoms with Crippen LogP contribution in [0.1, 0.15) is 17.3 Å². The Labute approximate surface area is 161 Å². The quantitative estimate of drug-likeness (QED) is 0.813. The summed E-state index contributed by atoms with van der Waals surface area (Å²) in [5.74, 6) is -2.17. The molecule has 1 saturated heterocycles. The molecule has 2 amide bonds. The summed E-state index contributed by atoms with van der Waals surface area (Å²) in [6.45, 7) is 3.96. The largest absolute Gasteiger partial charge is 0.462 e. The second-order valence-electron chi connectivity index (χ2n) is 6.30. The molecule has 2 aromatic carbocycles. The van der Waals surface area contributed by atoms with E-state index in [4.69, 9.17) is 4.74 Å². The fourth-order valence-corrected chi connectivity index (χ4v) is 2.96. The average Bonchev–Trinajstić information content (AvgIpc) is 2.71. The highest BCUT2D eigenvalue weighted by Crippen LogP contribution is 2.20. The Morgan fingerprint density at radius 1 is 1.00 bits per heavy atom. The molecule has 0 spiro atoms. The maximum atomic E-state index is 13.4. The van der Waals surface area contributed by atoms with Gasteiger partial charge >= 0.3 is 12.0 Å². The van der Waals surface area contributed by atoms with Gasteiger partial charge in [0, 0.05) is 43.6 Å². The van der Waals surface area contributed by atoms with E-state index in [1.807, 2.05) is 4.90 Å². The number of amides is 2. The molecule has 0 aromatic heterocycles. The van der Waals surface area contributed by atoms with E-state index in [0.717, 1.165) is 12.1 Å². The normalized spacial score (nSPS) is 14.0. The molecule has 6 nitrogen and oxygen atoms in total. The molecule has 3 rings (SSSR count). The number of rotatable bonds is 4. The van der Waals surface area contributed by atoms with Crippen LogP contribution in [0, 0.1) is 11.6 Å². The lowest BCUT2D eigenvalue weighted by Crippen LogP contribution is -2.50. The van der Waals surface area contributed by atoms with Crippen LogP contribution < -0.4 is 10.2 Å². The molecule has 0 saturated carbocycles. The molecule has 1 N–H and O–H groups in total. The summed E-state index contributed by atoms with van der Waals surface area (Å²) < 4.78 is 31.4. The number of piperazine rings is 1. The molecule has 0 bridgehead atoms. The van der Waals surface area contributed by atoms with E-state index in [1.165, 1.54) is 6.07 Å². The maximum Gasteiger partial charge on any atom is 0.338 e. The number of ether oxygens (including phenoxy) is 1. The Kier molecular flexibility index (Phi) is 6.08. The Morgan fingerprint density at radius 2 is 1.68 bits per heavy atom. The average molecular weight is 389 g/mol. The molecule has 8 heteroatoms. The number of esters is 1. The number of benzene rings is 2. The molecule has 1 aliphatic heterocycles. The minimum Gasteiger partial charge on any atom is -0.462 e. The summed E-state index contributed by atoms with van der Waals surface area (Å²) >= 11 is 0. The zero-order chi connectivity index (χ0) is 20.1. The predicted octanol–water partition coefficient (Wildman–Crippen LogP) is 3.50. The number of halogens is 2. The third-order valence-corrected chi connectivity index (χ3v) is 4.48. The summed E-state index contributed by atoms with van der Waals surface area (Å²) in [5.41, 5.74) is 1.58. The van der Waals surface area contributed by atoms with Gasteiger partial charge in [0.1, 0.15) is 0 Å². The lowest BCUT2D eigenvalue weighted by molar-refractivity contribution is 0.0526. The number of nitrogens with one attached hydrogen (secondary N) is 1. The molecule has 1 heterocycles. The fourth-order valence-electron chi connectivity index (χ4n) is 2.96. The van der Waals surface area contributed by atoms with Gasteiger partial charge in [-0.25, -0.2) is 18.4 Å². The van der Waals surface area contributed by atoms with E-state index < -0.39 is 17.6 Å². The van der Waals surface area contributed by atoms with Crippen molar-refractivity contribution in [3.8, 4) is 0 Å². The molecule has 0 aliphatic carbocycles. The van der Waals surface area contributed by atoms with Crippen LogP contribution in [-0.2, 0) is 4.74 Å². The van der Waals surface area contributed by atoms with Crippen LogP contribution >= 0.6 is 0 Å². The Balaban J connectivity index is 1.53. The van der Waals surface area contributed by atoms with Gasteiger partial charge in [-0.3, -0.25) is 0 Å². The van der Waals surface area contributed by atoms with Crippen molar-refractivity contribution in [2.75, 3.05) is 43.0 Å². The van der Waals surface area contributed by atoms with Crippen LogP contribution in [-0.4, -0.2) is 49.7 Å². The summed E-state index contributed by atoms with van der Waals surface area (Å²) in [4.78, 5) is 27.6. The zero-order valence-corrected chi connectivity index (χ0v) is 15.5. The first kappa shape index (κ1) is 19.6. The van der Waals surface area contributed by atoms with Crippen LogP contribution in [0.4, 0.5) is 25.0 Å². The highest BCUT2D eigenvalue weighted by molar-refractivity contribution is 5.92. The van der Waals surface area contributed by atoms with Crippen molar-refractivity contribution in [3.63, 3.8) is 0 Å². The molecule has 28 heavy (non-hydrogen) atoms. The molecular weight excluding hydrogens is 368 g/mol. The Morgan fingerprint density at radius 3 is 2.29 bits per heavy atom. The summed E-state index contributed by atoms with van der Waals surface area (Å²) in [6, 6.07) is 10.00. The second kappa shape index (κ2) is 8.69. The number of hydrogen-bond donors (Lipinski definition) is 1. The molecule has 2 aromatic rings. The number of nitrogens with zero attached hydrogens (tertiary/aromatic N) is 2. The van der Waals surface area contributed by atoms with Crippen LogP contribution in [0.15, 0.2) is 42.5 Å². The first-order chi connectivity index (χ1) is 13.5. The number of anilines is 2. The number of carbonyl (C=O) groups excluding carboxylic acids is 2. The van der Waals surface area contributed by atoms with Crippen molar-refractivity contribution in [3.05, 3.63) is 59.7 Å². The standard InChI is InChI=1S/C20H21F2N3O3/c1-2-28-19(26)14-3-5-15(6-4-14)23-20(27)25-11-9-24(10-12-25)16-7-8-17(21)18(22)13-16/h3-8,13H,2,9-12H2,1H3,(H,23,27). The smallest absolute Gasteiger partial charge is 0.338 e. The second-order valence-corrected chi connectivity index (χ2v) is 6.30. The zero-order valence-electron chi connectivity index (χ0n) is 15.5. The Hall–Kier alpha value is -3.16. The van der Waals surface area contributed by atoms with Gasteiger partial charge in [0.25, 0.3) is 0 Å². The van der Waals surface area contributed by atoms with Crippen LogP contribution in [0.25, 0.3) is 0 Å². The lowest BCUT2D eigenvalue weighted by atomic mass is 10.2. The van der Waals surface area contributed by atoms with Crippen LogP contribution in [0.2, 0.25) is 0 Å². The van der Waals surface area contributed by atoms with E-state index >= 15 is 0 Å². The molecule has 0 unspecified atom stereocenters. The van der Waals surface area contributed by atoms with Gasteiger partial charge in [-0.2, -0.15) is 0 Å². The van der Waals surface area contributed by atoms with Gasteiger partial charge in [0.05, 0.1) is 12.2 Å². The van der Waals surface area contributed by atoms with Crippen molar-refractivity contribution in [1.29, 1.82) is 0 Å². The number of carbonyl (C=O) groups is 2. The number of urea groups is 1. The summed E-state index contributed by atoms with van der Waals surface area (Å²) in [5, 5.41) is 2.79. The summed E-state index contributed by atoms with van der Waals surface area (Å²) in [7, 11) is 0. The van der Waals surface area contributed by atoms with Crippen molar-refractivity contribution < 1.29 is 23.1 Å². The van der Waals surface area contributed by atoms with Gasteiger partial charge in [-0.15, -0.1) is 0 Å². The third kappa shape index (κ3) is 4.57. The summed E-state index contributed by atoms with van der Waals surface area (Å²) in [6.07, 6.45) is 0. The SMILES string of the molecule is CCOC(=O)c1ccc(NC(=O)N2CCN(c3ccc(F)c(F)c3)CC2)cc1. The highest BCUT2D eigenvalue weighted by Gasteiger charge is 2.22. The fraction of sp³-hybridized carbons (Fsp3) is 0.300. The molecule has 1 aliphatic rings. The molecule has 0 radical (unpaired) electrons. The van der Waals surface area contributed by atoms with E-state index in [9.17, 15) is 18.4 Å². The monoisotopic (exact) mass is 389 g/mol. The van der Waals surface area contributed by atoms with Crippen LogP contribution in [0.3, 0.4) is 0 Å². The number of hydrogen-bond acceptors (Lipinski definition) is 4. The molecular formula is C20H21F2N3O3. The molecule has 1 fully saturated rings. The predicted molar refractivity (Wildman–Crippen MR) is 102 cm³/mol. The van der Waals surface area contributed by atoms with E-state index in [0.29, 0.717) is 49.7 Å². The lowest BCUT2D eigenvalue weighted by Gasteiger charge is -2.36. The molecule has 0 atom stereocenters.